The van der Waals surface area contributed by atoms with Crippen LogP contribution in [0.1, 0.15) is 13.8 Å². The number of carbonyl (C=O) groups excluding carboxylic acids is 1. The Balaban J connectivity index is 2.46. The summed E-state index contributed by atoms with van der Waals surface area (Å²) in [4.78, 5) is 13.0. The van der Waals surface area contributed by atoms with Crippen molar-refractivity contribution in [3.8, 4) is 5.75 Å². The fraction of sp³-hybridized carbons (Fsp3) is 0.364. The standard InChI is InChI=1S/C11H12FNO2/c1-7-6-13(8(2)14)10-4-3-9(12)5-11(10)15-7/h3-5,7H,6H2,1-2H3. The Labute approximate surface area is 87.5 Å². The van der Waals surface area contributed by atoms with Crippen molar-refractivity contribution in [2.45, 2.75) is 20.0 Å². The van der Waals surface area contributed by atoms with Crippen LogP contribution in [-0.4, -0.2) is 18.6 Å². The van der Waals surface area contributed by atoms with E-state index in [4.69, 9.17) is 4.74 Å². The molecule has 1 aliphatic heterocycles. The van der Waals surface area contributed by atoms with E-state index in [1.165, 1.54) is 19.1 Å². The molecule has 1 heterocycles. The third-order valence-corrected chi connectivity index (χ3v) is 2.36. The Morgan fingerprint density at radius 2 is 2.33 bits per heavy atom. The van der Waals surface area contributed by atoms with Gasteiger partial charge in [0, 0.05) is 13.0 Å². The maximum absolute atomic E-state index is 13.0. The van der Waals surface area contributed by atoms with Gasteiger partial charge in [0.05, 0.1) is 12.2 Å². The molecule has 0 aliphatic carbocycles. The Bertz CT molecular complexity index is 406. The van der Waals surface area contributed by atoms with Crippen LogP contribution in [0.4, 0.5) is 10.1 Å². The number of carbonyl (C=O) groups is 1. The van der Waals surface area contributed by atoms with Crippen molar-refractivity contribution in [3.05, 3.63) is 24.0 Å². The molecule has 0 fully saturated rings. The maximum atomic E-state index is 13.0. The van der Waals surface area contributed by atoms with Gasteiger partial charge in [-0.15, -0.1) is 0 Å². The predicted octanol–water partition coefficient (Wildman–Crippen LogP) is 1.96. The molecule has 4 heteroatoms. The van der Waals surface area contributed by atoms with Gasteiger partial charge in [-0.3, -0.25) is 4.79 Å². The molecule has 1 aromatic carbocycles. The molecule has 80 valence electrons. The first-order chi connectivity index (χ1) is 7.08. The van der Waals surface area contributed by atoms with Crippen molar-refractivity contribution in [3.63, 3.8) is 0 Å². The summed E-state index contributed by atoms with van der Waals surface area (Å²) in [6, 6.07) is 4.20. The number of amides is 1. The molecule has 2 rings (SSSR count). The number of nitrogens with zero attached hydrogens (tertiary/aromatic N) is 1. The lowest BCUT2D eigenvalue weighted by Gasteiger charge is -2.32. The first-order valence-corrected chi connectivity index (χ1v) is 4.82. The zero-order valence-electron chi connectivity index (χ0n) is 8.66. The van der Waals surface area contributed by atoms with Crippen molar-refractivity contribution in [2.24, 2.45) is 0 Å². The highest BCUT2D eigenvalue weighted by Crippen LogP contribution is 2.33. The predicted molar refractivity (Wildman–Crippen MR) is 54.5 cm³/mol. The molecule has 1 amide bonds. The highest BCUT2D eigenvalue weighted by Gasteiger charge is 2.25. The molecule has 0 saturated carbocycles. The van der Waals surface area contributed by atoms with E-state index in [1.54, 1.807) is 11.0 Å². The van der Waals surface area contributed by atoms with Gasteiger partial charge in [-0.1, -0.05) is 0 Å². The van der Waals surface area contributed by atoms with Crippen LogP contribution < -0.4 is 9.64 Å². The van der Waals surface area contributed by atoms with Crippen molar-refractivity contribution in [1.82, 2.24) is 0 Å². The summed E-state index contributed by atoms with van der Waals surface area (Å²) in [5, 5.41) is 0. The SMILES string of the molecule is CC(=O)N1CC(C)Oc2cc(F)ccc21. The molecule has 1 aromatic rings. The maximum Gasteiger partial charge on any atom is 0.224 e. The van der Waals surface area contributed by atoms with Crippen LogP contribution in [0.25, 0.3) is 0 Å². The monoisotopic (exact) mass is 209 g/mol. The molecule has 0 saturated heterocycles. The summed E-state index contributed by atoms with van der Waals surface area (Å²) in [5.41, 5.74) is 0.641. The second-order valence-corrected chi connectivity index (χ2v) is 3.67. The number of hydrogen-bond acceptors (Lipinski definition) is 2. The van der Waals surface area contributed by atoms with Crippen molar-refractivity contribution < 1.29 is 13.9 Å². The average molecular weight is 209 g/mol. The quantitative estimate of drug-likeness (QED) is 0.653. The Morgan fingerprint density at radius 1 is 1.60 bits per heavy atom. The third kappa shape index (κ3) is 1.79. The second-order valence-electron chi connectivity index (χ2n) is 3.67. The van der Waals surface area contributed by atoms with Gasteiger partial charge < -0.3 is 9.64 Å². The summed E-state index contributed by atoms with van der Waals surface area (Å²) < 4.78 is 18.4. The lowest BCUT2D eigenvalue weighted by atomic mass is 10.2. The third-order valence-electron chi connectivity index (χ3n) is 2.36. The van der Waals surface area contributed by atoms with E-state index in [0.717, 1.165) is 0 Å². The van der Waals surface area contributed by atoms with Crippen LogP contribution in [0.15, 0.2) is 18.2 Å². The summed E-state index contributed by atoms with van der Waals surface area (Å²) in [5.74, 6) is 0.0216. The lowest BCUT2D eigenvalue weighted by molar-refractivity contribution is -0.117. The number of ether oxygens (including phenoxy) is 1. The first kappa shape index (κ1) is 9.96. The van der Waals surface area contributed by atoms with Crippen LogP contribution in [0.3, 0.4) is 0 Å². The minimum atomic E-state index is -0.355. The molecule has 15 heavy (non-hydrogen) atoms. The Morgan fingerprint density at radius 3 is 3.00 bits per heavy atom. The normalized spacial score (nSPS) is 19.4. The van der Waals surface area contributed by atoms with E-state index < -0.39 is 0 Å². The fourth-order valence-electron chi connectivity index (χ4n) is 1.71. The highest BCUT2D eigenvalue weighted by atomic mass is 19.1. The summed E-state index contributed by atoms with van der Waals surface area (Å²) in [6.45, 7) is 3.85. The molecule has 0 spiro atoms. The van der Waals surface area contributed by atoms with Crippen molar-refractivity contribution in [2.75, 3.05) is 11.4 Å². The van der Waals surface area contributed by atoms with Gasteiger partial charge in [0.15, 0.2) is 0 Å². The molecule has 0 N–H and O–H groups in total. The summed E-state index contributed by atoms with van der Waals surface area (Å²) in [7, 11) is 0. The summed E-state index contributed by atoms with van der Waals surface area (Å²) >= 11 is 0. The molecular formula is C11H12FNO2. The minimum Gasteiger partial charge on any atom is -0.487 e. The van der Waals surface area contributed by atoms with Gasteiger partial charge in [0.25, 0.3) is 0 Å². The van der Waals surface area contributed by atoms with Crippen LogP contribution in [0.5, 0.6) is 5.75 Å². The number of halogens is 1. The van der Waals surface area contributed by atoms with Crippen LogP contribution in [0.2, 0.25) is 0 Å². The van der Waals surface area contributed by atoms with E-state index in [-0.39, 0.29) is 17.8 Å². The van der Waals surface area contributed by atoms with Crippen LogP contribution in [-0.2, 0) is 4.79 Å². The largest absolute Gasteiger partial charge is 0.487 e. The molecule has 0 radical (unpaired) electrons. The molecular weight excluding hydrogens is 197 g/mol. The zero-order chi connectivity index (χ0) is 11.0. The molecule has 3 nitrogen and oxygen atoms in total. The topological polar surface area (TPSA) is 29.5 Å². The molecule has 0 aromatic heterocycles. The lowest BCUT2D eigenvalue weighted by Crippen LogP contribution is -2.41. The van der Waals surface area contributed by atoms with E-state index >= 15 is 0 Å². The smallest absolute Gasteiger partial charge is 0.224 e. The van der Waals surface area contributed by atoms with Crippen LogP contribution in [0, 0.1) is 5.82 Å². The highest BCUT2D eigenvalue weighted by molar-refractivity contribution is 5.93. The van der Waals surface area contributed by atoms with Crippen molar-refractivity contribution >= 4 is 11.6 Å². The van der Waals surface area contributed by atoms with Gasteiger partial charge in [-0.05, 0) is 19.1 Å². The van der Waals surface area contributed by atoms with Gasteiger partial charge in [0.2, 0.25) is 5.91 Å². The van der Waals surface area contributed by atoms with E-state index in [9.17, 15) is 9.18 Å². The fourth-order valence-corrected chi connectivity index (χ4v) is 1.71. The molecule has 0 bridgehead atoms. The van der Waals surface area contributed by atoms with Crippen LogP contribution >= 0.6 is 0 Å². The number of hydrogen-bond donors (Lipinski definition) is 0. The molecule has 1 unspecified atom stereocenters. The van der Waals surface area contributed by atoms with E-state index in [1.807, 2.05) is 6.92 Å². The summed E-state index contributed by atoms with van der Waals surface area (Å²) in [6.07, 6.45) is -0.108. The second kappa shape index (κ2) is 3.53. The number of rotatable bonds is 0. The van der Waals surface area contributed by atoms with E-state index in [2.05, 4.69) is 0 Å². The van der Waals surface area contributed by atoms with Gasteiger partial charge >= 0.3 is 0 Å². The zero-order valence-corrected chi connectivity index (χ0v) is 8.66. The Hall–Kier alpha value is -1.58. The molecule has 1 aliphatic rings. The average Bonchev–Trinajstić information content (AvgIpc) is 2.15. The van der Waals surface area contributed by atoms with Crippen molar-refractivity contribution in [1.29, 1.82) is 0 Å². The van der Waals surface area contributed by atoms with E-state index in [0.29, 0.717) is 18.0 Å². The number of fused-ring (bicyclic) bond motifs is 1. The number of benzene rings is 1. The minimum absolute atomic E-state index is 0.0574. The van der Waals surface area contributed by atoms with Gasteiger partial charge in [0.1, 0.15) is 17.7 Å². The van der Waals surface area contributed by atoms with Gasteiger partial charge in [-0.2, -0.15) is 0 Å². The molecule has 1 atom stereocenters. The first-order valence-electron chi connectivity index (χ1n) is 4.82. The number of anilines is 1. The Kier molecular flexibility index (Phi) is 2.34. The van der Waals surface area contributed by atoms with Gasteiger partial charge in [-0.25, -0.2) is 4.39 Å².